The van der Waals surface area contributed by atoms with Gasteiger partial charge in [-0.2, -0.15) is 0 Å². The second-order valence-electron chi connectivity index (χ2n) is 11.7. The number of nitrogens with two attached hydrogens (primary N) is 1. The Labute approximate surface area is 264 Å². The summed E-state index contributed by atoms with van der Waals surface area (Å²) in [6.45, 7) is 4.09. The summed E-state index contributed by atoms with van der Waals surface area (Å²) in [5, 5.41) is 17.4. The van der Waals surface area contributed by atoms with E-state index in [1.54, 1.807) is 43.4 Å². The predicted molar refractivity (Wildman–Crippen MR) is 176 cm³/mol. The summed E-state index contributed by atoms with van der Waals surface area (Å²) >= 11 is 0. The average Bonchev–Trinajstić information content (AvgIpc) is 3.85. The number of fused-ring (bicyclic) bond motifs is 1. The first-order valence-electron chi connectivity index (χ1n) is 14.9. The quantitative estimate of drug-likeness (QED) is 0.176. The first-order chi connectivity index (χ1) is 21.5. The molecule has 0 radical (unpaired) electrons. The molecule has 2 unspecified atom stereocenters. The highest BCUT2D eigenvalue weighted by molar-refractivity contribution is 7.86. The van der Waals surface area contributed by atoms with Crippen molar-refractivity contribution < 1.29 is 23.3 Å². The van der Waals surface area contributed by atoms with Crippen LogP contribution < -0.4 is 16.4 Å². The van der Waals surface area contributed by atoms with Crippen molar-refractivity contribution in [1.29, 1.82) is 0 Å². The molecule has 4 aromatic rings. The molecule has 0 bridgehead atoms. The Morgan fingerprint density at radius 3 is 2.51 bits per heavy atom. The monoisotopic (exact) mass is 631 g/mol. The van der Waals surface area contributed by atoms with Crippen molar-refractivity contribution in [2.75, 3.05) is 30.0 Å². The van der Waals surface area contributed by atoms with E-state index in [1.165, 1.54) is 4.90 Å². The summed E-state index contributed by atoms with van der Waals surface area (Å²) < 4.78 is 27.5. The van der Waals surface area contributed by atoms with Gasteiger partial charge in [-0.25, -0.2) is 9.37 Å². The molecule has 0 saturated heterocycles. The van der Waals surface area contributed by atoms with Gasteiger partial charge >= 0.3 is 0 Å². The molecule has 3 aromatic carbocycles. The fourth-order valence-corrected chi connectivity index (χ4v) is 6.85. The van der Waals surface area contributed by atoms with E-state index in [4.69, 9.17) is 5.73 Å². The zero-order valence-corrected chi connectivity index (χ0v) is 26.4. The molecule has 2 atom stereocenters. The Morgan fingerprint density at radius 1 is 1.09 bits per heavy atom. The number of rotatable bonds is 12. The van der Waals surface area contributed by atoms with Crippen molar-refractivity contribution in [3.05, 3.63) is 88.9 Å². The Balaban J connectivity index is 1.24. The number of nitrogens with one attached hydrogen (secondary N) is 2. The number of carbonyl (C=O) groups is 2. The van der Waals surface area contributed by atoms with Crippen LogP contribution in [-0.4, -0.2) is 56.0 Å². The molecule has 0 spiro atoms. The summed E-state index contributed by atoms with van der Waals surface area (Å²) in [5.41, 5.74) is 10.7. The van der Waals surface area contributed by atoms with Crippen molar-refractivity contribution in [3.63, 3.8) is 0 Å². The predicted octanol–water partition coefficient (Wildman–Crippen LogP) is 4.85. The van der Waals surface area contributed by atoms with Crippen molar-refractivity contribution in [1.82, 2.24) is 9.88 Å². The maximum atomic E-state index is 14.3. The molecule has 2 amide bonds. The molecule has 0 aliphatic heterocycles. The zero-order valence-electron chi connectivity index (χ0n) is 25.6. The van der Waals surface area contributed by atoms with E-state index in [0.717, 1.165) is 35.7 Å². The lowest BCUT2D eigenvalue weighted by atomic mass is 9.96. The van der Waals surface area contributed by atoms with Gasteiger partial charge in [-0.3, -0.25) is 13.8 Å². The maximum Gasteiger partial charge on any atom is 0.241 e. The Hall–Kier alpha value is -4.35. The van der Waals surface area contributed by atoms with Crippen LogP contribution in [0.4, 0.5) is 21.6 Å². The first kappa shape index (κ1) is 32.1. The maximum absolute atomic E-state index is 14.3. The topological polar surface area (TPSA) is 138 Å². The summed E-state index contributed by atoms with van der Waals surface area (Å²) in [5.74, 6) is -0.865. The fourth-order valence-electron chi connectivity index (χ4n) is 5.34. The van der Waals surface area contributed by atoms with Gasteiger partial charge in [-0.15, -0.1) is 0 Å². The number of halogens is 1. The second-order valence-corrected chi connectivity index (χ2v) is 13.4. The van der Waals surface area contributed by atoms with Gasteiger partial charge in [0.25, 0.3) is 0 Å². The van der Waals surface area contributed by atoms with Crippen LogP contribution in [0.2, 0.25) is 0 Å². The van der Waals surface area contributed by atoms with E-state index >= 15 is 0 Å². The van der Waals surface area contributed by atoms with Crippen LogP contribution in [-0.2, 0) is 33.4 Å². The number of hydrogen-bond donors (Lipinski definition) is 4. The highest BCUT2D eigenvalue weighted by Crippen LogP contribution is 2.33. The summed E-state index contributed by atoms with van der Waals surface area (Å²) in [7, 11) is 0.417. The van der Waals surface area contributed by atoms with E-state index in [9.17, 15) is 23.3 Å². The lowest BCUT2D eigenvalue weighted by Crippen LogP contribution is -2.32. The van der Waals surface area contributed by atoms with Crippen LogP contribution in [0.15, 0.2) is 65.7 Å². The number of amides is 2. The molecule has 11 heteroatoms. The van der Waals surface area contributed by atoms with E-state index < -0.39 is 22.7 Å². The van der Waals surface area contributed by atoms with Gasteiger partial charge < -0.3 is 26.4 Å². The van der Waals surface area contributed by atoms with Gasteiger partial charge in [0.05, 0.1) is 36.1 Å². The van der Waals surface area contributed by atoms with Gasteiger partial charge in [-0.1, -0.05) is 18.2 Å². The smallest absolute Gasteiger partial charge is 0.241 e. The molecular formula is C34H38FN5O4S. The number of benzene rings is 3. The van der Waals surface area contributed by atoms with E-state index in [-0.39, 0.29) is 42.4 Å². The van der Waals surface area contributed by atoms with Crippen LogP contribution >= 0.6 is 0 Å². The SMILES string of the molecule is Cc1cccc(C)c1CC(O)CC(=O)Nc1ccc(S(=O)C2CC2)c(CN(C)C(=O)CNc2ccc3c(N)ncc(F)c3c2)c1. The largest absolute Gasteiger partial charge is 0.392 e. The third-order valence-electron chi connectivity index (χ3n) is 8.04. The molecule has 1 aromatic heterocycles. The molecule has 9 nitrogen and oxygen atoms in total. The number of aryl methyl sites for hydroxylation is 2. The standard InChI is InChI=1S/C34H38FN5O4S/c1-20-5-4-6-21(2)28(20)15-25(41)16-32(42)39-24-8-12-31(45(44)26-9-10-26)22(13-24)19-40(3)33(43)18-37-23-7-11-27-29(14-23)30(35)17-38-34(27)36/h4-8,11-14,17,25-26,37,41H,9-10,15-16,18-19H2,1-3H3,(H2,36,38)(H,39,42). The molecule has 45 heavy (non-hydrogen) atoms. The molecule has 1 saturated carbocycles. The zero-order chi connectivity index (χ0) is 32.2. The minimum atomic E-state index is -1.23. The molecular weight excluding hydrogens is 593 g/mol. The number of carbonyl (C=O) groups excluding carboxylic acids is 2. The second kappa shape index (κ2) is 13.7. The van der Waals surface area contributed by atoms with E-state index in [2.05, 4.69) is 15.6 Å². The summed E-state index contributed by atoms with van der Waals surface area (Å²) in [4.78, 5) is 31.9. The van der Waals surface area contributed by atoms with E-state index in [1.807, 2.05) is 32.0 Å². The number of anilines is 3. The van der Waals surface area contributed by atoms with Crippen molar-refractivity contribution in [2.24, 2.45) is 0 Å². The minimum absolute atomic E-state index is 0.0556. The highest BCUT2D eigenvalue weighted by atomic mass is 32.2. The Morgan fingerprint density at radius 2 is 1.80 bits per heavy atom. The fraction of sp³-hybridized carbons (Fsp3) is 0.324. The molecule has 5 rings (SSSR count). The van der Waals surface area contributed by atoms with E-state index in [0.29, 0.717) is 39.0 Å². The summed E-state index contributed by atoms with van der Waals surface area (Å²) in [6.07, 6.45) is 2.27. The highest BCUT2D eigenvalue weighted by Gasteiger charge is 2.31. The molecule has 1 aliphatic rings. The number of likely N-dealkylation sites (N-methyl/N-ethyl adjacent to an activating group) is 1. The molecule has 5 N–H and O–H groups in total. The van der Waals surface area contributed by atoms with Gasteiger partial charge in [0.2, 0.25) is 11.8 Å². The number of nitrogens with zero attached hydrogens (tertiary/aromatic N) is 2. The molecule has 236 valence electrons. The van der Waals surface area contributed by atoms with Crippen LogP contribution in [0.1, 0.15) is 41.5 Å². The van der Waals surface area contributed by atoms with Crippen LogP contribution in [0.25, 0.3) is 10.8 Å². The Kier molecular flexibility index (Phi) is 9.79. The molecule has 1 heterocycles. The normalized spacial score (nSPS) is 14.2. The van der Waals surface area contributed by atoms with Gasteiger partial charge in [-0.05, 0) is 91.8 Å². The van der Waals surface area contributed by atoms with Crippen molar-refractivity contribution in [2.45, 2.75) is 62.3 Å². The summed E-state index contributed by atoms with van der Waals surface area (Å²) in [6, 6.07) is 16.1. The van der Waals surface area contributed by atoms with Crippen LogP contribution in [0.5, 0.6) is 0 Å². The van der Waals surface area contributed by atoms with Crippen molar-refractivity contribution >= 4 is 50.6 Å². The van der Waals surface area contributed by atoms with Crippen LogP contribution in [0.3, 0.4) is 0 Å². The van der Waals surface area contributed by atoms with Crippen LogP contribution in [0, 0.1) is 19.7 Å². The van der Waals surface area contributed by atoms with Gasteiger partial charge in [0, 0.05) is 45.9 Å². The third kappa shape index (κ3) is 7.84. The average molecular weight is 632 g/mol. The van der Waals surface area contributed by atoms with Crippen molar-refractivity contribution in [3.8, 4) is 0 Å². The first-order valence-corrected chi connectivity index (χ1v) is 16.1. The lowest BCUT2D eigenvalue weighted by Gasteiger charge is -2.21. The van der Waals surface area contributed by atoms with Gasteiger partial charge in [0.15, 0.2) is 0 Å². The Bertz CT molecular complexity index is 1760. The van der Waals surface area contributed by atoms with Gasteiger partial charge in [0.1, 0.15) is 11.6 Å². The minimum Gasteiger partial charge on any atom is -0.392 e. The number of aromatic nitrogens is 1. The number of aliphatic hydroxyl groups is 1. The number of pyridine rings is 1. The third-order valence-corrected chi connectivity index (χ3v) is 9.95. The number of aliphatic hydroxyl groups excluding tert-OH is 1. The lowest BCUT2D eigenvalue weighted by molar-refractivity contribution is -0.128. The number of nitrogen functional groups attached to an aromatic ring is 1. The molecule has 1 aliphatic carbocycles. The number of hydrogen-bond acceptors (Lipinski definition) is 7. The molecule has 1 fully saturated rings.